The van der Waals surface area contributed by atoms with Crippen LogP contribution < -0.4 is 10.6 Å². The molecule has 1 saturated carbocycles. The third-order valence-electron chi connectivity index (χ3n) is 6.40. The van der Waals surface area contributed by atoms with Crippen LogP contribution in [0.15, 0.2) is 23.6 Å². The number of rotatable bonds is 6. The van der Waals surface area contributed by atoms with Gasteiger partial charge in [-0.15, -0.1) is 11.3 Å². The molecule has 166 valence electrons. The molecular formula is C22H29N5O3S. The highest BCUT2D eigenvalue weighted by molar-refractivity contribution is 7.09. The number of nitrogens with one attached hydrogen (secondary N) is 2. The summed E-state index contributed by atoms with van der Waals surface area (Å²) in [7, 11) is 1.64. The molecule has 1 aliphatic carbocycles. The topological polar surface area (TPSA) is 96.3 Å². The standard InChI is InChI=1S/C22H29N5O3S/c1-22(21(30)24-15-7-4-3-5-8-15)14-27-18(20(29)26(22)2)13-17(25-27)19(28)23-11-10-16-9-6-12-31-16/h6,9,12-13,15H,3-5,7-8,10-11,14H2,1-2H3,(H,23,28)(H,24,30)/t22-/m0/s1. The minimum absolute atomic E-state index is 0.158. The fourth-order valence-electron chi connectivity index (χ4n) is 4.27. The summed E-state index contributed by atoms with van der Waals surface area (Å²) in [6, 6.07) is 5.68. The minimum atomic E-state index is -1.06. The van der Waals surface area contributed by atoms with E-state index in [9.17, 15) is 14.4 Å². The molecular weight excluding hydrogens is 414 g/mol. The number of thiophene rings is 1. The third-order valence-corrected chi connectivity index (χ3v) is 7.34. The van der Waals surface area contributed by atoms with Gasteiger partial charge >= 0.3 is 0 Å². The molecule has 0 aromatic carbocycles. The smallest absolute Gasteiger partial charge is 0.272 e. The molecule has 0 saturated heterocycles. The summed E-state index contributed by atoms with van der Waals surface area (Å²) in [4.78, 5) is 41.3. The Morgan fingerprint density at radius 1 is 1.29 bits per heavy atom. The maximum atomic E-state index is 13.1. The van der Waals surface area contributed by atoms with Crippen molar-refractivity contribution >= 4 is 29.1 Å². The van der Waals surface area contributed by atoms with Crippen molar-refractivity contribution in [3.63, 3.8) is 0 Å². The average Bonchev–Trinajstić information content (AvgIpc) is 3.43. The van der Waals surface area contributed by atoms with Crippen LogP contribution in [0.2, 0.25) is 0 Å². The lowest BCUT2D eigenvalue weighted by molar-refractivity contribution is -0.133. The Balaban J connectivity index is 1.44. The Bertz CT molecular complexity index is 964. The van der Waals surface area contributed by atoms with Gasteiger partial charge in [-0.1, -0.05) is 25.3 Å². The Labute approximate surface area is 186 Å². The zero-order chi connectivity index (χ0) is 22.0. The van der Waals surface area contributed by atoms with Crippen LogP contribution in [-0.4, -0.2) is 57.6 Å². The van der Waals surface area contributed by atoms with Crippen molar-refractivity contribution in [2.24, 2.45) is 0 Å². The quantitative estimate of drug-likeness (QED) is 0.715. The van der Waals surface area contributed by atoms with E-state index in [1.54, 1.807) is 25.3 Å². The van der Waals surface area contributed by atoms with Crippen molar-refractivity contribution < 1.29 is 14.4 Å². The molecule has 0 bridgehead atoms. The number of carbonyl (C=O) groups is 3. The molecule has 1 aliphatic heterocycles. The fraction of sp³-hybridized carbons (Fsp3) is 0.545. The molecule has 2 aromatic heterocycles. The molecule has 31 heavy (non-hydrogen) atoms. The molecule has 3 heterocycles. The first-order valence-corrected chi connectivity index (χ1v) is 11.7. The molecule has 1 atom stereocenters. The fourth-order valence-corrected chi connectivity index (χ4v) is 4.98. The van der Waals surface area contributed by atoms with E-state index in [0.717, 1.165) is 32.1 Å². The van der Waals surface area contributed by atoms with Crippen LogP contribution in [0.25, 0.3) is 0 Å². The van der Waals surface area contributed by atoms with E-state index >= 15 is 0 Å². The maximum absolute atomic E-state index is 13.1. The second-order valence-corrected chi connectivity index (χ2v) is 9.64. The van der Waals surface area contributed by atoms with E-state index in [4.69, 9.17) is 0 Å². The zero-order valence-corrected chi connectivity index (χ0v) is 18.8. The molecule has 4 rings (SSSR count). The van der Waals surface area contributed by atoms with Crippen LogP contribution in [-0.2, 0) is 17.8 Å². The summed E-state index contributed by atoms with van der Waals surface area (Å²) in [6.07, 6.45) is 6.13. The molecule has 8 nitrogen and oxygen atoms in total. The van der Waals surface area contributed by atoms with E-state index in [1.807, 2.05) is 17.5 Å². The number of carbonyl (C=O) groups excluding carboxylic acids is 3. The summed E-state index contributed by atoms with van der Waals surface area (Å²) < 4.78 is 1.50. The lowest BCUT2D eigenvalue weighted by Crippen LogP contribution is -2.63. The van der Waals surface area contributed by atoms with Crippen molar-refractivity contribution in [1.82, 2.24) is 25.3 Å². The summed E-state index contributed by atoms with van der Waals surface area (Å²) in [5.41, 5.74) is -0.533. The SMILES string of the molecule is CN1C(=O)c2cc(C(=O)NCCc3cccs3)nn2C[C@@]1(C)C(=O)NC1CCCCC1. The molecule has 2 N–H and O–H groups in total. The number of fused-ring (bicyclic) bond motifs is 1. The Kier molecular flexibility index (Phi) is 6.13. The molecule has 0 spiro atoms. The Morgan fingerprint density at radius 2 is 2.06 bits per heavy atom. The van der Waals surface area contributed by atoms with Gasteiger partial charge in [0.25, 0.3) is 11.8 Å². The Hall–Kier alpha value is -2.68. The van der Waals surface area contributed by atoms with Gasteiger partial charge in [0, 0.05) is 30.6 Å². The highest BCUT2D eigenvalue weighted by Gasteiger charge is 2.46. The van der Waals surface area contributed by atoms with Gasteiger partial charge in [0.15, 0.2) is 5.69 Å². The van der Waals surface area contributed by atoms with E-state index in [2.05, 4.69) is 15.7 Å². The molecule has 0 radical (unpaired) electrons. The van der Waals surface area contributed by atoms with Crippen LogP contribution in [0.5, 0.6) is 0 Å². The average molecular weight is 444 g/mol. The monoisotopic (exact) mass is 443 g/mol. The first-order valence-electron chi connectivity index (χ1n) is 10.9. The van der Waals surface area contributed by atoms with Gasteiger partial charge in [0.2, 0.25) is 5.91 Å². The van der Waals surface area contributed by atoms with Gasteiger partial charge in [-0.3, -0.25) is 19.1 Å². The van der Waals surface area contributed by atoms with Crippen LogP contribution in [0, 0.1) is 0 Å². The van der Waals surface area contributed by atoms with Gasteiger partial charge in [-0.25, -0.2) is 0 Å². The van der Waals surface area contributed by atoms with Crippen molar-refractivity contribution in [1.29, 1.82) is 0 Å². The van der Waals surface area contributed by atoms with Crippen LogP contribution in [0.4, 0.5) is 0 Å². The molecule has 3 amide bonds. The lowest BCUT2D eigenvalue weighted by Gasteiger charge is -2.41. The minimum Gasteiger partial charge on any atom is -0.351 e. The van der Waals surface area contributed by atoms with E-state index in [1.165, 1.54) is 26.9 Å². The maximum Gasteiger partial charge on any atom is 0.272 e. The lowest BCUT2D eigenvalue weighted by atomic mass is 9.92. The zero-order valence-electron chi connectivity index (χ0n) is 18.0. The van der Waals surface area contributed by atoms with Gasteiger partial charge in [0.1, 0.15) is 11.2 Å². The van der Waals surface area contributed by atoms with Gasteiger partial charge in [-0.05, 0) is 37.6 Å². The second kappa shape index (κ2) is 8.82. The van der Waals surface area contributed by atoms with Crippen LogP contribution in [0.3, 0.4) is 0 Å². The van der Waals surface area contributed by atoms with Crippen LogP contribution >= 0.6 is 11.3 Å². The third kappa shape index (κ3) is 4.37. The predicted molar refractivity (Wildman–Crippen MR) is 118 cm³/mol. The summed E-state index contributed by atoms with van der Waals surface area (Å²) >= 11 is 1.65. The van der Waals surface area contributed by atoms with Gasteiger partial charge < -0.3 is 15.5 Å². The Morgan fingerprint density at radius 3 is 2.77 bits per heavy atom. The van der Waals surface area contributed by atoms with E-state index in [-0.39, 0.29) is 36.0 Å². The van der Waals surface area contributed by atoms with Gasteiger partial charge in [0.05, 0.1) is 6.54 Å². The van der Waals surface area contributed by atoms with Crippen LogP contribution in [0.1, 0.15) is 64.9 Å². The van der Waals surface area contributed by atoms with E-state index in [0.29, 0.717) is 12.2 Å². The summed E-state index contributed by atoms with van der Waals surface area (Å²) in [5.74, 6) is -0.793. The summed E-state index contributed by atoms with van der Waals surface area (Å²) in [6.45, 7) is 2.47. The molecule has 2 aromatic rings. The number of hydrogen-bond acceptors (Lipinski definition) is 5. The molecule has 0 unspecified atom stereocenters. The predicted octanol–water partition coefficient (Wildman–Crippen LogP) is 2.21. The van der Waals surface area contributed by atoms with Crippen molar-refractivity contribution in [3.05, 3.63) is 39.8 Å². The number of likely N-dealkylation sites (N-methyl/N-ethyl adjacent to an activating group) is 1. The second-order valence-electron chi connectivity index (χ2n) is 8.60. The van der Waals surface area contributed by atoms with Crippen molar-refractivity contribution in [3.8, 4) is 0 Å². The number of aromatic nitrogens is 2. The number of nitrogens with zero attached hydrogens (tertiary/aromatic N) is 3. The number of hydrogen-bond donors (Lipinski definition) is 2. The van der Waals surface area contributed by atoms with E-state index < -0.39 is 5.54 Å². The largest absolute Gasteiger partial charge is 0.351 e. The highest BCUT2D eigenvalue weighted by Crippen LogP contribution is 2.27. The normalized spacial score (nSPS) is 21.6. The molecule has 1 fully saturated rings. The summed E-state index contributed by atoms with van der Waals surface area (Å²) in [5, 5.41) is 12.3. The molecule has 9 heteroatoms. The molecule has 2 aliphatic rings. The number of amides is 3. The van der Waals surface area contributed by atoms with Gasteiger partial charge in [-0.2, -0.15) is 5.10 Å². The van der Waals surface area contributed by atoms with Crippen molar-refractivity contribution in [2.75, 3.05) is 13.6 Å². The highest BCUT2D eigenvalue weighted by atomic mass is 32.1. The first-order chi connectivity index (χ1) is 14.9. The first kappa shape index (κ1) is 21.5. The van der Waals surface area contributed by atoms with Crippen molar-refractivity contribution in [2.45, 2.75) is 63.6 Å².